The van der Waals surface area contributed by atoms with Gasteiger partial charge in [-0.25, -0.2) is 4.79 Å². The number of aromatic nitrogens is 1. The largest absolute Gasteiger partial charge is 0.462 e. The molecule has 88 valence electrons. The zero-order valence-electron chi connectivity index (χ0n) is 9.83. The van der Waals surface area contributed by atoms with Crippen molar-refractivity contribution < 1.29 is 14.6 Å². The normalized spacial score (nSPS) is 11.0. The lowest BCUT2D eigenvalue weighted by molar-refractivity contribution is 0.0525. The Labute approximate surface area is 94.9 Å². The zero-order chi connectivity index (χ0) is 12.1. The Balaban J connectivity index is 3.06. The SMILES string of the molecule is CCOC(=O)c1c(C)[nH]c(C=CCO)c1C. The van der Waals surface area contributed by atoms with Crippen LogP contribution in [0.3, 0.4) is 0 Å². The maximum absolute atomic E-state index is 11.7. The highest BCUT2D eigenvalue weighted by atomic mass is 16.5. The summed E-state index contributed by atoms with van der Waals surface area (Å²) in [5.41, 5.74) is 3.04. The van der Waals surface area contributed by atoms with Crippen LogP contribution >= 0.6 is 0 Å². The van der Waals surface area contributed by atoms with E-state index >= 15 is 0 Å². The van der Waals surface area contributed by atoms with Crippen LogP contribution in [0.2, 0.25) is 0 Å². The van der Waals surface area contributed by atoms with Gasteiger partial charge in [0.2, 0.25) is 0 Å². The highest BCUT2D eigenvalue weighted by Gasteiger charge is 2.17. The molecule has 0 atom stereocenters. The molecule has 0 unspecified atom stereocenters. The molecule has 4 heteroatoms. The minimum Gasteiger partial charge on any atom is -0.462 e. The molecule has 1 rings (SSSR count). The lowest BCUT2D eigenvalue weighted by Gasteiger charge is -2.01. The van der Waals surface area contributed by atoms with E-state index in [-0.39, 0.29) is 12.6 Å². The maximum atomic E-state index is 11.7. The quantitative estimate of drug-likeness (QED) is 0.765. The van der Waals surface area contributed by atoms with E-state index in [1.54, 1.807) is 19.1 Å². The highest BCUT2D eigenvalue weighted by molar-refractivity contribution is 5.93. The summed E-state index contributed by atoms with van der Waals surface area (Å²) in [6.45, 7) is 5.81. The van der Waals surface area contributed by atoms with Gasteiger partial charge in [0.15, 0.2) is 0 Å². The van der Waals surface area contributed by atoms with Gasteiger partial charge in [-0.3, -0.25) is 0 Å². The fourth-order valence-electron chi connectivity index (χ4n) is 1.62. The van der Waals surface area contributed by atoms with Gasteiger partial charge in [0.25, 0.3) is 0 Å². The molecule has 1 aromatic rings. The number of ether oxygens (including phenoxy) is 1. The Morgan fingerprint density at radius 2 is 2.19 bits per heavy atom. The van der Waals surface area contributed by atoms with Crippen molar-refractivity contribution in [3.63, 3.8) is 0 Å². The number of aliphatic hydroxyl groups is 1. The van der Waals surface area contributed by atoms with Crippen molar-refractivity contribution in [1.82, 2.24) is 4.98 Å². The summed E-state index contributed by atoms with van der Waals surface area (Å²) in [4.78, 5) is 14.7. The molecule has 1 heterocycles. The lowest BCUT2D eigenvalue weighted by atomic mass is 10.1. The summed E-state index contributed by atoms with van der Waals surface area (Å²) in [5, 5.41) is 8.70. The van der Waals surface area contributed by atoms with Crippen LogP contribution in [0.25, 0.3) is 6.08 Å². The van der Waals surface area contributed by atoms with Gasteiger partial charge in [0.1, 0.15) is 0 Å². The monoisotopic (exact) mass is 223 g/mol. The Kier molecular flexibility index (Phi) is 4.31. The van der Waals surface area contributed by atoms with Crippen LogP contribution in [0.1, 0.15) is 34.2 Å². The molecule has 0 aliphatic heterocycles. The number of nitrogens with one attached hydrogen (secondary N) is 1. The molecule has 0 bridgehead atoms. The van der Waals surface area contributed by atoms with E-state index in [0.29, 0.717) is 12.2 Å². The zero-order valence-corrected chi connectivity index (χ0v) is 9.83. The second-order valence-corrected chi connectivity index (χ2v) is 3.47. The Hall–Kier alpha value is -1.55. The van der Waals surface area contributed by atoms with Gasteiger partial charge in [-0.1, -0.05) is 6.08 Å². The van der Waals surface area contributed by atoms with Gasteiger partial charge in [0.05, 0.1) is 18.8 Å². The van der Waals surface area contributed by atoms with E-state index in [2.05, 4.69) is 4.98 Å². The number of aliphatic hydroxyl groups excluding tert-OH is 1. The number of aryl methyl sites for hydroxylation is 1. The van der Waals surface area contributed by atoms with Crippen molar-refractivity contribution >= 4 is 12.0 Å². The number of hydrogen-bond donors (Lipinski definition) is 2. The minimum atomic E-state index is -0.308. The number of rotatable bonds is 4. The number of H-pyrrole nitrogens is 1. The fourth-order valence-corrected chi connectivity index (χ4v) is 1.62. The van der Waals surface area contributed by atoms with Crippen molar-refractivity contribution in [2.24, 2.45) is 0 Å². The minimum absolute atomic E-state index is 0.0216. The van der Waals surface area contributed by atoms with Gasteiger partial charge >= 0.3 is 5.97 Å². The first-order valence-electron chi connectivity index (χ1n) is 5.25. The molecule has 0 radical (unpaired) electrons. The molecule has 0 aliphatic carbocycles. The van der Waals surface area contributed by atoms with Crippen molar-refractivity contribution in [2.75, 3.05) is 13.2 Å². The molecule has 0 spiro atoms. The summed E-state index contributed by atoms with van der Waals surface area (Å²) < 4.78 is 4.97. The van der Waals surface area contributed by atoms with E-state index in [9.17, 15) is 4.79 Å². The number of carbonyl (C=O) groups is 1. The second-order valence-electron chi connectivity index (χ2n) is 3.47. The van der Waals surface area contributed by atoms with Crippen LogP contribution in [-0.4, -0.2) is 29.3 Å². The van der Waals surface area contributed by atoms with E-state index < -0.39 is 0 Å². The fraction of sp³-hybridized carbons (Fsp3) is 0.417. The van der Waals surface area contributed by atoms with Crippen LogP contribution in [-0.2, 0) is 4.74 Å². The highest BCUT2D eigenvalue weighted by Crippen LogP contribution is 2.19. The summed E-state index contributed by atoms with van der Waals surface area (Å²) in [7, 11) is 0. The van der Waals surface area contributed by atoms with Crippen LogP contribution in [0.4, 0.5) is 0 Å². The lowest BCUT2D eigenvalue weighted by Crippen LogP contribution is -2.06. The third-order valence-electron chi connectivity index (χ3n) is 2.35. The molecule has 1 aromatic heterocycles. The third kappa shape index (κ3) is 2.52. The number of esters is 1. The third-order valence-corrected chi connectivity index (χ3v) is 2.35. The summed E-state index contributed by atoms with van der Waals surface area (Å²) in [5.74, 6) is -0.308. The Morgan fingerprint density at radius 3 is 2.75 bits per heavy atom. The van der Waals surface area contributed by atoms with Gasteiger partial charge < -0.3 is 14.8 Å². The van der Waals surface area contributed by atoms with Gasteiger partial charge in [-0.15, -0.1) is 0 Å². The Bertz CT molecular complexity index is 405. The molecule has 0 amide bonds. The van der Waals surface area contributed by atoms with Gasteiger partial charge in [-0.05, 0) is 32.4 Å². The van der Waals surface area contributed by atoms with Crippen LogP contribution in [0.15, 0.2) is 6.08 Å². The van der Waals surface area contributed by atoms with Gasteiger partial charge in [-0.2, -0.15) is 0 Å². The first kappa shape index (κ1) is 12.5. The second kappa shape index (κ2) is 5.51. The van der Waals surface area contributed by atoms with Crippen molar-refractivity contribution in [2.45, 2.75) is 20.8 Å². The van der Waals surface area contributed by atoms with Crippen molar-refractivity contribution in [1.29, 1.82) is 0 Å². The molecule has 0 aliphatic rings. The van der Waals surface area contributed by atoms with E-state index in [1.165, 1.54) is 0 Å². The van der Waals surface area contributed by atoms with E-state index in [4.69, 9.17) is 9.84 Å². The van der Waals surface area contributed by atoms with Crippen molar-refractivity contribution in [3.05, 3.63) is 28.6 Å². The predicted molar refractivity (Wildman–Crippen MR) is 62.3 cm³/mol. The molecule has 0 fully saturated rings. The first-order chi connectivity index (χ1) is 7.61. The molecule has 2 N–H and O–H groups in total. The Morgan fingerprint density at radius 1 is 1.50 bits per heavy atom. The smallest absolute Gasteiger partial charge is 0.340 e. The summed E-state index contributed by atoms with van der Waals surface area (Å²) in [6.07, 6.45) is 3.37. The standard InChI is InChI=1S/C12H17NO3/c1-4-16-12(15)11-8(2)10(6-5-7-14)13-9(11)3/h5-6,13-14H,4,7H2,1-3H3. The topological polar surface area (TPSA) is 62.3 Å². The molecule has 16 heavy (non-hydrogen) atoms. The molecule has 0 saturated heterocycles. The van der Waals surface area contributed by atoms with Crippen LogP contribution in [0, 0.1) is 13.8 Å². The molecular formula is C12H17NO3. The molecule has 4 nitrogen and oxygen atoms in total. The number of carbonyl (C=O) groups excluding carboxylic acids is 1. The summed E-state index contributed by atoms with van der Waals surface area (Å²) in [6, 6.07) is 0. The number of aromatic amines is 1. The molecule has 0 aromatic carbocycles. The first-order valence-corrected chi connectivity index (χ1v) is 5.25. The molecule has 0 saturated carbocycles. The maximum Gasteiger partial charge on any atom is 0.340 e. The van der Waals surface area contributed by atoms with E-state index in [0.717, 1.165) is 17.0 Å². The van der Waals surface area contributed by atoms with Crippen LogP contribution in [0.5, 0.6) is 0 Å². The predicted octanol–water partition coefficient (Wildman–Crippen LogP) is 1.81. The van der Waals surface area contributed by atoms with E-state index in [1.807, 2.05) is 13.8 Å². The average Bonchev–Trinajstić information content (AvgIpc) is 2.51. The average molecular weight is 223 g/mol. The number of hydrogen-bond acceptors (Lipinski definition) is 3. The van der Waals surface area contributed by atoms with Crippen molar-refractivity contribution in [3.8, 4) is 0 Å². The molecular weight excluding hydrogens is 206 g/mol. The van der Waals surface area contributed by atoms with Crippen LogP contribution < -0.4 is 0 Å². The van der Waals surface area contributed by atoms with Gasteiger partial charge in [0, 0.05) is 11.4 Å². The summed E-state index contributed by atoms with van der Waals surface area (Å²) >= 11 is 0.